The summed E-state index contributed by atoms with van der Waals surface area (Å²) in [6.07, 6.45) is 0.248. The fourth-order valence-electron chi connectivity index (χ4n) is 2.72. The SMILES string of the molecule is CC[C@]12COc3nc(=O)ccn3[C@H](O1)[C@H](F)[C@@H]2C. The number of ether oxygens (including phenoxy) is 2. The maximum absolute atomic E-state index is 14.4. The lowest BCUT2D eigenvalue weighted by molar-refractivity contribution is -0.0921. The predicted molar refractivity (Wildman–Crippen MR) is 61.2 cm³/mol. The van der Waals surface area contributed by atoms with E-state index in [9.17, 15) is 9.18 Å². The Morgan fingerprint density at radius 1 is 1.67 bits per heavy atom. The second kappa shape index (κ2) is 3.78. The highest BCUT2D eigenvalue weighted by Gasteiger charge is 2.55. The third-order valence-corrected chi connectivity index (χ3v) is 4.06. The average Bonchev–Trinajstić information content (AvgIpc) is 2.54. The molecule has 0 radical (unpaired) electrons. The molecule has 0 amide bonds. The fraction of sp³-hybridized carbons (Fsp3) is 0.667. The van der Waals surface area contributed by atoms with Gasteiger partial charge in [-0.2, -0.15) is 4.98 Å². The molecule has 3 rings (SSSR count). The highest BCUT2D eigenvalue weighted by Crippen LogP contribution is 2.47. The zero-order valence-corrected chi connectivity index (χ0v) is 10.3. The quantitative estimate of drug-likeness (QED) is 0.757. The monoisotopic (exact) mass is 254 g/mol. The molecule has 0 spiro atoms. The molecule has 1 fully saturated rings. The molecule has 0 N–H and O–H groups in total. The van der Waals surface area contributed by atoms with Crippen LogP contribution in [0.5, 0.6) is 6.01 Å². The van der Waals surface area contributed by atoms with Crippen molar-refractivity contribution in [1.29, 1.82) is 0 Å². The van der Waals surface area contributed by atoms with Crippen LogP contribution in [0.4, 0.5) is 4.39 Å². The van der Waals surface area contributed by atoms with E-state index in [0.29, 0.717) is 6.42 Å². The van der Waals surface area contributed by atoms with Crippen LogP contribution in [0.2, 0.25) is 0 Å². The lowest BCUT2D eigenvalue weighted by atomic mass is 9.86. The molecular formula is C12H15FN2O3. The van der Waals surface area contributed by atoms with Crippen LogP contribution in [-0.2, 0) is 4.74 Å². The van der Waals surface area contributed by atoms with Gasteiger partial charge in [0.15, 0.2) is 12.4 Å². The van der Waals surface area contributed by atoms with Crippen LogP contribution in [0.25, 0.3) is 0 Å². The summed E-state index contributed by atoms with van der Waals surface area (Å²) in [5, 5.41) is 0. The van der Waals surface area contributed by atoms with Gasteiger partial charge in [0.1, 0.15) is 12.2 Å². The van der Waals surface area contributed by atoms with Crippen LogP contribution in [0.1, 0.15) is 26.5 Å². The van der Waals surface area contributed by atoms with E-state index in [1.165, 1.54) is 16.8 Å². The van der Waals surface area contributed by atoms with Gasteiger partial charge in [0.25, 0.3) is 5.56 Å². The summed E-state index contributed by atoms with van der Waals surface area (Å²) in [4.78, 5) is 15.0. The normalized spacial score (nSPS) is 37.8. The van der Waals surface area contributed by atoms with Gasteiger partial charge in [0.2, 0.25) is 0 Å². The molecule has 6 heteroatoms. The molecule has 0 aromatic carbocycles. The maximum Gasteiger partial charge on any atom is 0.302 e. The summed E-state index contributed by atoms with van der Waals surface area (Å²) in [5.74, 6) is -0.250. The minimum atomic E-state index is -1.13. The van der Waals surface area contributed by atoms with Crippen molar-refractivity contribution in [3.63, 3.8) is 0 Å². The predicted octanol–water partition coefficient (Wildman–Crippen LogP) is 1.29. The zero-order chi connectivity index (χ0) is 12.9. The Morgan fingerprint density at radius 2 is 2.44 bits per heavy atom. The van der Waals surface area contributed by atoms with Gasteiger partial charge in [0.05, 0.1) is 0 Å². The summed E-state index contributed by atoms with van der Waals surface area (Å²) in [6.45, 7) is 4.00. The molecule has 0 unspecified atom stereocenters. The Labute approximate surface area is 104 Å². The molecule has 4 atom stereocenters. The summed E-state index contributed by atoms with van der Waals surface area (Å²) in [7, 11) is 0. The maximum atomic E-state index is 14.4. The first-order valence-electron chi connectivity index (χ1n) is 6.11. The van der Waals surface area contributed by atoms with Gasteiger partial charge in [-0.15, -0.1) is 0 Å². The van der Waals surface area contributed by atoms with Crippen LogP contribution in [0.3, 0.4) is 0 Å². The number of alkyl halides is 1. The standard InChI is InChI=1S/C12H15FN2O3/c1-3-12-6-17-11-14-8(16)4-5-15(11)10(18-12)9(13)7(12)2/h4-5,7,9-10H,3,6H2,1-2H3/t7-,9+,10+,12+/m0/s1. The van der Waals surface area contributed by atoms with Crippen molar-refractivity contribution in [2.24, 2.45) is 5.92 Å². The second-order valence-electron chi connectivity index (χ2n) is 4.90. The molecule has 18 heavy (non-hydrogen) atoms. The van der Waals surface area contributed by atoms with E-state index in [-0.39, 0.29) is 18.5 Å². The number of rotatable bonds is 1. The molecular weight excluding hydrogens is 239 g/mol. The molecule has 1 aromatic rings. The van der Waals surface area contributed by atoms with Crippen LogP contribution >= 0.6 is 0 Å². The van der Waals surface area contributed by atoms with Crippen molar-refractivity contribution in [2.45, 2.75) is 38.3 Å². The van der Waals surface area contributed by atoms with Crippen molar-refractivity contribution in [3.8, 4) is 6.01 Å². The zero-order valence-electron chi connectivity index (χ0n) is 10.3. The number of halogens is 1. The molecule has 0 aliphatic carbocycles. The van der Waals surface area contributed by atoms with Crippen molar-refractivity contribution in [1.82, 2.24) is 9.55 Å². The van der Waals surface area contributed by atoms with Crippen molar-refractivity contribution in [3.05, 3.63) is 22.6 Å². The highest BCUT2D eigenvalue weighted by atomic mass is 19.1. The first-order valence-corrected chi connectivity index (χ1v) is 6.11. The Morgan fingerprint density at radius 3 is 3.17 bits per heavy atom. The highest BCUT2D eigenvalue weighted by molar-refractivity contribution is 5.09. The number of aromatic nitrogens is 2. The van der Waals surface area contributed by atoms with Gasteiger partial charge in [-0.3, -0.25) is 9.36 Å². The molecule has 3 heterocycles. The van der Waals surface area contributed by atoms with Gasteiger partial charge in [-0.25, -0.2) is 4.39 Å². The van der Waals surface area contributed by atoms with Crippen LogP contribution < -0.4 is 10.3 Å². The van der Waals surface area contributed by atoms with E-state index in [1.54, 1.807) is 0 Å². The van der Waals surface area contributed by atoms with E-state index >= 15 is 0 Å². The van der Waals surface area contributed by atoms with Crippen LogP contribution in [0.15, 0.2) is 17.1 Å². The number of hydrogen-bond acceptors (Lipinski definition) is 4. The van der Waals surface area contributed by atoms with Crippen molar-refractivity contribution >= 4 is 0 Å². The van der Waals surface area contributed by atoms with E-state index < -0.39 is 23.6 Å². The van der Waals surface area contributed by atoms with Gasteiger partial charge < -0.3 is 9.47 Å². The van der Waals surface area contributed by atoms with Gasteiger partial charge in [0, 0.05) is 18.2 Å². The number of hydrogen-bond donors (Lipinski definition) is 0. The molecule has 2 aliphatic rings. The number of fused-ring (bicyclic) bond motifs is 4. The Bertz CT molecular complexity index is 532. The molecule has 98 valence electrons. The molecule has 1 aromatic heterocycles. The summed E-state index contributed by atoms with van der Waals surface area (Å²) < 4.78 is 27.2. The van der Waals surface area contributed by atoms with Gasteiger partial charge in [-0.1, -0.05) is 13.8 Å². The topological polar surface area (TPSA) is 53.3 Å². The summed E-state index contributed by atoms with van der Waals surface area (Å²) in [5.41, 5.74) is -1.03. The molecule has 0 saturated carbocycles. The Hall–Kier alpha value is -1.43. The fourth-order valence-corrected chi connectivity index (χ4v) is 2.72. The van der Waals surface area contributed by atoms with E-state index in [2.05, 4.69) is 4.98 Å². The van der Waals surface area contributed by atoms with Crippen molar-refractivity contribution < 1.29 is 13.9 Å². The molecule has 5 nitrogen and oxygen atoms in total. The Balaban J connectivity index is 2.11. The van der Waals surface area contributed by atoms with Gasteiger partial charge in [-0.05, 0) is 6.42 Å². The number of nitrogens with zero attached hydrogens (tertiary/aromatic N) is 2. The summed E-state index contributed by atoms with van der Waals surface area (Å²) in [6, 6.07) is 1.42. The molecule has 2 aliphatic heterocycles. The first kappa shape index (κ1) is 11.6. The smallest absolute Gasteiger partial charge is 0.302 e. The lowest BCUT2D eigenvalue weighted by Crippen LogP contribution is -2.41. The van der Waals surface area contributed by atoms with E-state index in [4.69, 9.17) is 9.47 Å². The third kappa shape index (κ3) is 1.41. The van der Waals surface area contributed by atoms with E-state index in [1.807, 2.05) is 13.8 Å². The van der Waals surface area contributed by atoms with Crippen LogP contribution in [-0.4, -0.2) is 27.9 Å². The largest absolute Gasteiger partial charge is 0.461 e. The average molecular weight is 254 g/mol. The molecule has 2 bridgehead atoms. The van der Waals surface area contributed by atoms with E-state index in [0.717, 1.165) is 0 Å². The Kier molecular flexibility index (Phi) is 2.45. The first-order chi connectivity index (χ1) is 8.57. The second-order valence-corrected chi connectivity index (χ2v) is 4.90. The lowest BCUT2D eigenvalue weighted by Gasteiger charge is -2.29. The van der Waals surface area contributed by atoms with Crippen LogP contribution in [0, 0.1) is 5.92 Å². The van der Waals surface area contributed by atoms with Crippen molar-refractivity contribution in [2.75, 3.05) is 6.61 Å². The van der Waals surface area contributed by atoms with Gasteiger partial charge >= 0.3 is 6.01 Å². The summed E-state index contributed by atoms with van der Waals surface area (Å²) >= 11 is 0. The minimum Gasteiger partial charge on any atom is -0.461 e. The molecule has 1 saturated heterocycles. The third-order valence-electron chi connectivity index (χ3n) is 4.06. The minimum absolute atomic E-state index is 0.136.